The summed E-state index contributed by atoms with van der Waals surface area (Å²) in [4.78, 5) is 31.2. The van der Waals surface area contributed by atoms with Gasteiger partial charge in [0.05, 0.1) is 22.9 Å². The molecule has 0 radical (unpaired) electrons. The predicted octanol–water partition coefficient (Wildman–Crippen LogP) is 1.47. The minimum Gasteiger partial charge on any atom is -0.355 e. The van der Waals surface area contributed by atoms with Crippen molar-refractivity contribution in [1.82, 2.24) is 20.1 Å². The van der Waals surface area contributed by atoms with Gasteiger partial charge in [0.25, 0.3) is 0 Å². The van der Waals surface area contributed by atoms with Gasteiger partial charge in [-0.2, -0.15) is 13.2 Å². The van der Waals surface area contributed by atoms with E-state index in [4.69, 9.17) is 0 Å². The molecule has 1 saturated heterocycles. The predicted molar refractivity (Wildman–Crippen MR) is 91.7 cm³/mol. The second-order valence-corrected chi connectivity index (χ2v) is 6.78. The summed E-state index contributed by atoms with van der Waals surface area (Å²) in [6.45, 7) is 5.06. The van der Waals surface area contributed by atoms with E-state index < -0.39 is 11.7 Å². The Bertz CT molecular complexity index is 617. The minimum absolute atomic E-state index is 0.0313. The van der Waals surface area contributed by atoms with Crippen LogP contribution in [0.4, 0.5) is 13.2 Å². The van der Waals surface area contributed by atoms with Crippen LogP contribution in [-0.4, -0.2) is 71.6 Å². The van der Waals surface area contributed by atoms with Gasteiger partial charge in [0, 0.05) is 38.9 Å². The molecule has 2 rings (SSSR count). The molecule has 0 unspecified atom stereocenters. The maximum absolute atomic E-state index is 12.5. The number of nitrogens with zero attached hydrogens (tertiary/aromatic N) is 3. The molecule has 0 atom stereocenters. The van der Waals surface area contributed by atoms with E-state index >= 15 is 0 Å². The number of thioether (sulfide) groups is 1. The number of halogens is 3. The quantitative estimate of drug-likeness (QED) is 0.746. The molecule has 6 nitrogen and oxygen atoms in total. The van der Waals surface area contributed by atoms with E-state index in [1.165, 1.54) is 6.07 Å². The smallest absolute Gasteiger partial charge is 0.355 e. The topological polar surface area (TPSA) is 65.5 Å². The first-order valence-corrected chi connectivity index (χ1v) is 9.21. The van der Waals surface area contributed by atoms with Gasteiger partial charge in [-0.15, -0.1) is 0 Å². The second kappa shape index (κ2) is 9.22. The molecular weight excluding hydrogens is 369 g/mol. The number of carbonyl (C=O) groups is 2. The molecule has 1 N–H and O–H groups in total. The molecule has 1 aliphatic heterocycles. The van der Waals surface area contributed by atoms with Crippen LogP contribution in [0.1, 0.15) is 12.5 Å². The third-order valence-corrected chi connectivity index (χ3v) is 4.80. The molecule has 0 saturated carbocycles. The van der Waals surface area contributed by atoms with Gasteiger partial charge in [0.15, 0.2) is 0 Å². The number of nitrogens with one attached hydrogen (secondary N) is 1. The summed E-state index contributed by atoms with van der Waals surface area (Å²) in [6, 6.07) is 2.23. The largest absolute Gasteiger partial charge is 0.417 e. The molecule has 26 heavy (non-hydrogen) atoms. The number of rotatable bonds is 6. The third-order valence-electron chi connectivity index (χ3n) is 3.87. The van der Waals surface area contributed by atoms with E-state index in [9.17, 15) is 22.8 Å². The van der Waals surface area contributed by atoms with Gasteiger partial charge >= 0.3 is 6.18 Å². The van der Waals surface area contributed by atoms with E-state index in [0.29, 0.717) is 44.3 Å². The molecule has 1 fully saturated rings. The molecule has 1 aromatic rings. The van der Waals surface area contributed by atoms with Crippen LogP contribution < -0.4 is 5.32 Å². The standard InChI is InChI=1S/C16H21F3N4O2S/c1-2-20-13(24)10-22-5-7-23(8-6-22)15(25)11-26-14-4-3-12(9-21-14)16(17,18)19/h3-4,9H,2,5-8,10-11H2,1H3,(H,20,24). The van der Waals surface area contributed by atoms with Crippen molar-refractivity contribution in [3.63, 3.8) is 0 Å². The molecule has 144 valence electrons. The highest BCUT2D eigenvalue weighted by Crippen LogP contribution is 2.29. The average molecular weight is 390 g/mol. The lowest BCUT2D eigenvalue weighted by molar-refractivity contribution is -0.138. The number of hydrogen-bond acceptors (Lipinski definition) is 5. The molecule has 2 amide bonds. The molecule has 0 aromatic carbocycles. The molecule has 0 bridgehead atoms. The lowest BCUT2D eigenvalue weighted by Crippen LogP contribution is -2.51. The van der Waals surface area contributed by atoms with Crippen molar-refractivity contribution in [2.45, 2.75) is 18.1 Å². The Hall–Kier alpha value is -1.81. The first kappa shape index (κ1) is 20.5. The summed E-state index contributed by atoms with van der Waals surface area (Å²) in [7, 11) is 0. The Morgan fingerprint density at radius 3 is 2.46 bits per heavy atom. The molecule has 1 aliphatic rings. The van der Waals surface area contributed by atoms with Gasteiger partial charge < -0.3 is 10.2 Å². The van der Waals surface area contributed by atoms with Gasteiger partial charge in [-0.05, 0) is 19.1 Å². The molecule has 10 heteroatoms. The zero-order valence-electron chi connectivity index (χ0n) is 14.4. The average Bonchev–Trinajstić information content (AvgIpc) is 2.60. The lowest BCUT2D eigenvalue weighted by Gasteiger charge is -2.34. The highest BCUT2D eigenvalue weighted by Gasteiger charge is 2.30. The summed E-state index contributed by atoms with van der Waals surface area (Å²) in [5, 5.41) is 3.11. The first-order chi connectivity index (χ1) is 12.3. The van der Waals surface area contributed by atoms with Crippen LogP contribution in [0.5, 0.6) is 0 Å². The van der Waals surface area contributed by atoms with Crippen LogP contribution >= 0.6 is 11.8 Å². The van der Waals surface area contributed by atoms with E-state index in [0.717, 1.165) is 24.0 Å². The minimum atomic E-state index is -4.42. The summed E-state index contributed by atoms with van der Waals surface area (Å²) in [5.41, 5.74) is -0.809. The molecule has 0 spiro atoms. The van der Waals surface area contributed by atoms with Gasteiger partial charge in [0.2, 0.25) is 11.8 Å². The number of carbonyl (C=O) groups excluding carboxylic acids is 2. The normalized spacial score (nSPS) is 15.8. The summed E-state index contributed by atoms with van der Waals surface area (Å²) in [5.74, 6) is -0.000117. The molecule has 1 aromatic heterocycles. The number of amides is 2. The van der Waals surface area contributed by atoms with Crippen molar-refractivity contribution in [2.24, 2.45) is 0 Å². The number of alkyl halides is 3. The Morgan fingerprint density at radius 2 is 1.92 bits per heavy atom. The molecule has 2 heterocycles. The van der Waals surface area contributed by atoms with E-state index in [1.54, 1.807) is 4.90 Å². The second-order valence-electron chi connectivity index (χ2n) is 5.78. The van der Waals surface area contributed by atoms with Crippen molar-refractivity contribution >= 4 is 23.6 Å². The van der Waals surface area contributed by atoms with Crippen molar-refractivity contribution in [1.29, 1.82) is 0 Å². The summed E-state index contributed by atoms with van der Waals surface area (Å²) < 4.78 is 37.5. The number of aromatic nitrogens is 1. The number of hydrogen-bond donors (Lipinski definition) is 1. The van der Waals surface area contributed by atoms with Crippen LogP contribution in [0, 0.1) is 0 Å². The van der Waals surface area contributed by atoms with Crippen molar-refractivity contribution in [2.75, 3.05) is 45.0 Å². The maximum Gasteiger partial charge on any atom is 0.417 e. The lowest BCUT2D eigenvalue weighted by atomic mass is 10.3. The SMILES string of the molecule is CCNC(=O)CN1CCN(C(=O)CSc2ccc(C(F)(F)F)cn2)CC1. The fourth-order valence-corrected chi connectivity index (χ4v) is 3.22. The van der Waals surface area contributed by atoms with Crippen LogP contribution in [0.15, 0.2) is 23.4 Å². The molecule has 0 aliphatic carbocycles. The van der Waals surface area contributed by atoms with E-state index in [2.05, 4.69) is 10.3 Å². The fraction of sp³-hybridized carbons (Fsp3) is 0.562. The van der Waals surface area contributed by atoms with Crippen molar-refractivity contribution in [3.8, 4) is 0 Å². The highest BCUT2D eigenvalue weighted by molar-refractivity contribution is 7.99. The Labute approximate surface area is 154 Å². The number of likely N-dealkylation sites (N-methyl/N-ethyl adjacent to an activating group) is 1. The zero-order chi connectivity index (χ0) is 19.2. The Morgan fingerprint density at radius 1 is 1.23 bits per heavy atom. The van der Waals surface area contributed by atoms with Gasteiger partial charge in [0.1, 0.15) is 0 Å². The van der Waals surface area contributed by atoms with Crippen molar-refractivity contribution < 1.29 is 22.8 Å². The van der Waals surface area contributed by atoms with E-state index in [-0.39, 0.29) is 17.6 Å². The Balaban J connectivity index is 1.74. The summed E-state index contributed by atoms with van der Waals surface area (Å²) in [6.07, 6.45) is -3.65. The number of piperazine rings is 1. The van der Waals surface area contributed by atoms with Crippen molar-refractivity contribution in [3.05, 3.63) is 23.9 Å². The number of pyridine rings is 1. The van der Waals surface area contributed by atoms with Crippen LogP contribution in [0.2, 0.25) is 0 Å². The van der Waals surface area contributed by atoms with E-state index in [1.807, 2.05) is 11.8 Å². The van der Waals surface area contributed by atoms with Gasteiger partial charge in [-0.3, -0.25) is 14.5 Å². The highest BCUT2D eigenvalue weighted by atomic mass is 32.2. The van der Waals surface area contributed by atoms with Gasteiger partial charge in [-0.25, -0.2) is 4.98 Å². The van der Waals surface area contributed by atoms with Crippen LogP contribution in [-0.2, 0) is 15.8 Å². The van der Waals surface area contributed by atoms with Crippen LogP contribution in [0.3, 0.4) is 0 Å². The monoisotopic (exact) mass is 390 g/mol. The fourth-order valence-electron chi connectivity index (χ4n) is 2.47. The molecular formula is C16H21F3N4O2S. The zero-order valence-corrected chi connectivity index (χ0v) is 15.2. The van der Waals surface area contributed by atoms with Gasteiger partial charge in [-0.1, -0.05) is 11.8 Å². The maximum atomic E-state index is 12.5. The third kappa shape index (κ3) is 6.17. The Kier molecular flexibility index (Phi) is 7.27. The first-order valence-electron chi connectivity index (χ1n) is 8.22. The van der Waals surface area contributed by atoms with Crippen LogP contribution in [0.25, 0.3) is 0 Å². The summed E-state index contributed by atoms with van der Waals surface area (Å²) >= 11 is 1.11.